The first kappa shape index (κ1) is 12.7. The van der Waals surface area contributed by atoms with Crippen LogP contribution in [-0.2, 0) is 0 Å². The number of thiazole rings is 1. The molecule has 1 heterocycles. The van der Waals surface area contributed by atoms with Crippen LogP contribution in [0.2, 0.25) is 0 Å². The summed E-state index contributed by atoms with van der Waals surface area (Å²) in [5, 5.41) is 3.28. The molecular weight excluding hydrogens is 279 g/mol. The number of rotatable bonds is 3. The van der Waals surface area contributed by atoms with E-state index in [0.717, 1.165) is 11.3 Å². The van der Waals surface area contributed by atoms with E-state index in [9.17, 15) is 14.0 Å². The molecule has 0 radical (unpaired) electrons. The molecule has 1 aromatic heterocycles. The van der Waals surface area contributed by atoms with E-state index in [1.54, 1.807) is 6.07 Å². The van der Waals surface area contributed by atoms with Gasteiger partial charge in [0.2, 0.25) is 0 Å². The number of hydrogen-bond donors (Lipinski definition) is 1. The molecule has 0 bridgehead atoms. The minimum atomic E-state index is -0.711. The Morgan fingerprint density at radius 2 is 2.06 bits per heavy atom. The Balaban J connectivity index is 2.16. The van der Waals surface area contributed by atoms with Gasteiger partial charge in [-0.05, 0) is 23.7 Å². The van der Waals surface area contributed by atoms with Crippen molar-refractivity contribution in [1.82, 2.24) is 4.98 Å². The van der Waals surface area contributed by atoms with E-state index in [4.69, 9.17) is 11.6 Å². The van der Waals surface area contributed by atoms with E-state index >= 15 is 0 Å². The maximum atomic E-state index is 13.3. The van der Waals surface area contributed by atoms with Gasteiger partial charge in [0, 0.05) is 5.38 Å². The molecule has 4 nitrogen and oxygen atoms in total. The molecule has 1 N–H and O–H groups in total. The van der Waals surface area contributed by atoms with Crippen molar-refractivity contribution in [3.8, 4) is 0 Å². The zero-order chi connectivity index (χ0) is 13.1. The van der Waals surface area contributed by atoms with Crippen LogP contribution in [-0.4, -0.2) is 16.1 Å². The maximum Gasteiger partial charge on any atom is 0.271 e. The smallest absolute Gasteiger partial charge is 0.271 e. The third kappa shape index (κ3) is 2.72. The number of amides is 1. The first-order valence-corrected chi connectivity index (χ1v) is 6.05. The molecule has 18 heavy (non-hydrogen) atoms. The fourth-order valence-corrected chi connectivity index (χ4v) is 2.08. The number of hydrogen-bond acceptors (Lipinski definition) is 4. The quantitative estimate of drug-likeness (QED) is 0.882. The molecule has 2 rings (SSSR count). The van der Waals surface area contributed by atoms with Gasteiger partial charge in [0.1, 0.15) is 11.5 Å². The predicted octanol–water partition coefficient (Wildman–Crippen LogP) is 2.91. The zero-order valence-corrected chi connectivity index (χ0v) is 10.4. The molecule has 0 saturated heterocycles. The van der Waals surface area contributed by atoms with Crippen LogP contribution in [0.3, 0.4) is 0 Å². The van der Waals surface area contributed by atoms with Crippen LogP contribution in [0.1, 0.15) is 20.8 Å². The van der Waals surface area contributed by atoms with Gasteiger partial charge in [0.05, 0.1) is 5.56 Å². The Hall–Kier alpha value is -1.79. The molecule has 1 amide bonds. The lowest BCUT2D eigenvalue weighted by molar-refractivity contribution is 0.102. The Labute approximate surface area is 110 Å². The molecule has 0 fully saturated rings. The molecule has 92 valence electrons. The van der Waals surface area contributed by atoms with Crippen molar-refractivity contribution in [2.24, 2.45) is 0 Å². The van der Waals surface area contributed by atoms with Crippen molar-refractivity contribution >= 4 is 39.2 Å². The number of halogens is 2. The van der Waals surface area contributed by atoms with Crippen LogP contribution in [0.4, 0.5) is 9.52 Å². The lowest BCUT2D eigenvalue weighted by Crippen LogP contribution is -2.13. The van der Waals surface area contributed by atoms with Gasteiger partial charge in [-0.25, -0.2) is 9.37 Å². The lowest BCUT2D eigenvalue weighted by Gasteiger charge is -2.02. The van der Waals surface area contributed by atoms with Gasteiger partial charge < -0.3 is 0 Å². The van der Waals surface area contributed by atoms with Crippen LogP contribution in [0.15, 0.2) is 29.6 Å². The summed E-state index contributed by atoms with van der Waals surface area (Å²) in [5.41, 5.74) is -0.0445. The van der Waals surface area contributed by atoms with Crippen molar-refractivity contribution < 1.29 is 14.0 Å². The second kappa shape index (κ2) is 5.24. The summed E-state index contributed by atoms with van der Waals surface area (Å²) in [7, 11) is 0. The van der Waals surface area contributed by atoms with E-state index in [-0.39, 0.29) is 16.4 Å². The molecule has 0 spiro atoms. The monoisotopic (exact) mass is 284 g/mol. The highest BCUT2D eigenvalue weighted by Crippen LogP contribution is 2.18. The number of anilines is 1. The van der Waals surface area contributed by atoms with E-state index < -0.39 is 17.0 Å². The third-order valence-corrected chi connectivity index (χ3v) is 3.00. The van der Waals surface area contributed by atoms with Gasteiger partial charge in [-0.1, -0.05) is 12.1 Å². The van der Waals surface area contributed by atoms with Gasteiger partial charge in [0.25, 0.3) is 11.1 Å². The Bertz CT molecular complexity index is 615. The molecule has 2 aromatic rings. The van der Waals surface area contributed by atoms with E-state index in [0.29, 0.717) is 0 Å². The largest absolute Gasteiger partial charge is 0.298 e. The molecular formula is C11H6ClFN2O2S. The fraction of sp³-hybridized carbons (Fsp3) is 0. The Morgan fingerprint density at radius 3 is 2.67 bits per heavy atom. The van der Waals surface area contributed by atoms with Crippen LogP contribution in [0.5, 0.6) is 0 Å². The summed E-state index contributed by atoms with van der Waals surface area (Å²) in [5.74, 6) is -1.25. The average Bonchev–Trinajstić information content (AvgIpc) is 2.78. The van der Waals surface area contributed by atoms with Crippen molar-refractivity contribution in [2.45, 2.75) is 0 Å². The first-order valence-electron chi connectivity index (χ1n) is 4.79. The Morgan fingerprint density at radius 1 is 1.33 bits per heavy atom. The minimum absolute atomic E-state index is 0.0468. The third-order valence-electron chi connectivity index (χ3n) is 2.04. The maximum absolute atomic E-state index is 13.3. The summed E-state index contributed by atoms with van der Waals surface area (Å²) in [6, 6.07) is 5.57. The highest BCUT2D eigenvalue weighted by molar-refractivity contribution is 7.14. The molecule has 0 unspecified atom stereocenters. The number of carbonyl (C=O) groups is 2. The first-order chi connectivity index (χ1) is 8.58. The molecule has 0 saturated carbocycles. The molecule has 0 aliphatic heterocycles. The molecule has 0 atom stereocenters. The van der Waals surface area contributed by atoms with Crippen LogP contribution in [0.25, 0.3) is 0 Å². The average molecular weight is 285 g/mol. The van der Waals surface area contributed by atoms with Gasteiger partial charge in [-0.2, -0.15) is 0 Å². The van der Waals surface area contributed by atoms with Crippen molar-refractivity contribution in [1.29, 1.82) is 0 Å². The van der Waals surface area contributed by atoms with Gasteiger partial charge in [0.15, 0.2) is 5.13 Å². The molecule has 0 aliphatic carbocycles. The standard InChI is InChI=1S/C11H6ClFN2O2S/c12-9(16)8-5-18-11(14-8)15-10(17)6-3-1-2-4-7(6)13/h1-5H,(H,14,15,17). The summed E-state index contributed by atoms with van der Waals surface area (Å²) in [4.78, 5) is 26.3. The predicted molar refractivity (Wildman–Crippen MR) is 66.7 cm³/mol. The molecule has 0 aliphatic rings. The number of nitrogens with zero attached hydrogens (tertiary/aromatic N) is 1. The Kier molecular flexibility index (Phi) is 3.69. The van der Waals surface area contributed by atoms with E-state index in [1.165, 1.54) is 23.6 Å². The van der Waals surface area contributed by atoms with Crippen LogP contribution >= 0.6 is 22.9 Å². The fourth-order valence-electron chi connectivity index (χ4n) is 1.23. The summed E-state index contributed by atoms with van der Waals surface area (Å²) in [6.07, 6.45) is 0. The number of benzene rings is 1. The second-order valence-electron chi connectivity index (χ2n) is 3.25. The highest BCUT2D eigenvalue weighted by atomic mass is 35.5. The van der Waals surface area contributed by atoms with Crippen LogP contribution < -0.4 is 5.32 Å². The molecule has 1 aromatic carbocycles. The number of carbonyl (C=O) groups excluding carboxylic acids is 2. The number of aromatic nitrogens is 1. The topological polar surface area (TPSA) is 59.1 Å². The summed E-state index contributed by atoms with van der Waals surface area (Å²) < 4.78 is 13.3. The second-order valence-corrected chi connectivity index (χ2v) is 4.45. The van der Waals surface area contributed by atoms with E-state index in [1.807, 2.05) is 0 Å². The van der Waals surface area contributed by atoms with Crippen LogP contribution in [0, 0.1) is 5.82 Å². The highest BCUT2D eigenvalue weighted by Gasteiger charge is 2.14. The zero-order valence-electron chi connectivity index (χ0n) is 8.81. The lowest BCUT2D eigenvalue weighted by atomic mass is 10.2. The summed E-state index contributed by atoms with van der Waals surface area (Å²) in [6.45, 7) is 0. The van der Waals surface area contributed by atoms with Gasteiger partial charge >= 0.3 is 0 Å². The molecule has 7 heteroatoms. The van der Waals surface area contributed by atoms with E-state index in [2.05, 4.69) is 10.3 Å². The van der Waals surface area contributed by atoms with Crippen molar-refractivity contribution in [3.63, 3.8) is 0 Å². The van der Waals surface area contributed by atoms with Gasteiger partial charge in [-0.3, -0.25) is 14.9 Å². The SMILES string of the molecule is O=C(Cl)c1csc(NC(=O)c2ccccc2F)n1. The number of nitrogens with one attached hydrogen (secondary N) is 1. The normalized spacial score (nSPS) is 10.1. The minimum Gasteiger partial charge on any atom is -0.298 e. The van der Waals surface area contributed by atoms with Gasteiger partial charge in [-0.15, -0.1) is 11.3 Å². The summed E-state index contributed by atoms with van der Waals surface area (Å²) >= 11 is 6.26. The van der Waals surface area contributed by atoms with Crippen molar-refractivity contribution in [3.05, 3.63) is 46.7 Å². The van der Waals surface area contributed by atoms with Crippen molar-refractivity contribution in [2.75, 3.05) is 5.32 Å².